The van der Waals surface area contributed by atoms with E-state index in [4.69, 9.17) is 9.47 Å². The summed E-state index contributed by atoms with van der Waals surface area (Å²) < 4.78 is 10.3. The number of benzene rings is 2. The number of alkyl carbamates (subject to hydrolysis) is 1. The zero-order chi connectivity index (χ0) is 19.7. The van der Waals surface area contributed by atoms with Crippen molar-refractivity contribution in [2.24, 2.45) is 5.92 Å². The predicted octanol–water partition coefficient (Wildman–Crippen LogP) is 2.84. The van der Waals surface area contributed by atoms with Gasteiger partial charge in [-0.2, -0.15) is 0 Å². The topological polar surface area (TPSA) is 84.9 Å². The third kappa shape index (κ3) is 3.03. The van der Waals surface area contributed by atoms with Crippen molar-refractivity contribution in [3.8, 4) is 11.1 Å². The highest BCUT2D eigenvalue weighted by molar-refractivity contribution is 5.87. The number of nitrogens with one attached hydrogen (secondary N) is 1. The van der Waals surface area contributed by atoms with Crippen molar-refractivity contribution in [2.75, 3.05) is 20.3 Å². The minimum absolute atomic E-state index is 0.0204. The number of amides is 1. The Morgan fingerprint density at radius 2 is 1.64 bits per heavy atom. The van der Waals surface area contributed by atoms with E-state index in [1.54, 1.807) is 0 Å². The van der Waals surface area contributed by atoms with Gasteiger partial charge in [-0.3, -0.25) is 0 Å². The summed E-state index contributed by atoms with van der Waals surface area (Å²) in [4.78, 5) is 24.6. The monoisotopic (exact) mass is 381 g/mol. The van der Waals surface area contributed by atoms with Crippen LogP contribution in [0.1, 0.15) is 29.9 Å². The summed E-state index contributed by atoms with van der Waals surface area (Å²) in [6.45, 7) is 0.158. The fourth-order valence-corrected chi connectivity index (χ4v) is 4.40. The van der Waals surface area contributed by atoms with Gasteiger partial charge in [0.1, 0.15) is 12.1 Å². The van der Waals surface area contributed by atoms with E-state index >= 15 is 0 Å². The number of esters is 1. The Hall–Kier alpha value is -2.86. The first-order chi connectivity index (χ1) is 13.6. The number of methoxy groups -OCH3 is 1. The molecule has 0 aromatic heterocycles. The van der Waals surface area contributed by atoms with E-state index in [1.807, 2.05) is 24.3 Å². The Morgan fingerprint density at radius 3 is 2.18 bits per heavy atom. The van der Waals surface area contributed by atoms with Gasteiger partial charge >= 0.3 is 12.1 Å². The maximum atomic E-state index is 12.4. The van der Waals surface area contributed by atoms with Crippen LogP contribution in [0.25, 0.3) is 11.1 Å². The molecule has 1 saturated carbocycles. The molecular formula is C22H23NO5. The van der Waals surface area contributed by atoms with Gasteiger partial charge < -0.3 is 19.9 Å². The number of carbonyl (C=O) groups is 2. The number of aliphatic hydroxyl groups is 1. The second-order valence-corrected chi connectivity index (χ2v) is 7.48. The molecule has 0 spiro atoms. The maximum absolute atomic E-state index is 12.4. The van der Waals surface area contributed by atoms with Crippen molar-refractivity contribution in [3.05, 3.63) is 59.7 Å². The van der Waals surface area contributed by atoms with Crippen LogP contribution in [0.3, 0.4) is 0 Å². The van der Waals surface area contributed by atoms with Gasteiger partial charge in [-0.15, -0.1) is 0 Å². The molecule has 0 saturated heterocycles. The van der Waals surface area contributed by atoms with Crippen LogP contribution in [0.5, 0.6) is 0 Å². The molecule has 1 amide bonds. The van der Waals surface area contributed by atoms with E-state index in [1.165, 1.54) is 7.11 Å². The summed E-state index contributed by atoms with van der Waals surface area (Å²) in [6, 6.07) is 16.2. The summed E-state index contributed by atoms with van der Waals surface area (Å²) in [7, 11) is 1.29. The van der Waals surface area contributed by atoms with Crippen molar-refractivity contribution < 1.29 is 24.2 Å². The van der Waals surface area contributed by atoms with Gasteiger partial charge in [0.05, 0.1) is 7.11 Å². The first kappa shape index (κ1) is 18.5. The highest BCUT2D eigenvalue weighted by Gasteiger charge is 2.52. The van der Waals surface area contributed by atoms with E-state index in [9.17, 15) is 14.7 Å². The van der Waals surface area contributed by atoms with Crippen LogP contribution in [0, 0.1) is 5.92 Å². The van der Waals surface area contributed by atoms with Crippen LogP contribution in [0.2, 0.25) is 0 Å². The number of fused-ring (bicyclic) bond motifs is 3. The van der Waals surface area contributed by atoms with Crippen LogP contribution in [-0.4, -0.2) is 43.0 Å². The van der Waals surface area contributed by atoms with Crippen LogP contribution in [0.15, 0.2) is 48.5 Å². The second kappa shape index (κ2) is 7.28. The van der Waals surface area contributed by atoms with Gasteiger partial charge in [0, 0.05) is 12.5 Å². The lowest BCUT2D eigenvalue weighted by Crippen LogP contribution is -2.63. The van der Waals surface area contributed by atoms with E-state index in [0.29, 0.717) is 12.8 Å². The molecule has 0 heterocycles. The molecule has 6 nitrogen and oxygen atoms in total. The molecule has 2 aromatic carbocycles. The summed E-state index contributed by atoms with van der Waals surface area (Å²) in [5.74, 6) is -0.572. The van der Waals surface area contributed by atoms with Gasteiger partial charge in [-0.1, -0.05) is 48.5 Å². The molecule has 28 heavy (non-hydrogen) atoms. The normalized spacial score (nSPS) is 22.6. The molecule has 0 unspecified atom stereocenters. The number of hydrogen-bond donors (Lipinski definition) is 2. The fraction of sp³-hybridized carbons (Fsp3) is 0.364. The van der Waals surface area contributed by atoms with Gasteiger partial charge in [-0.25, -0.2) is 9.59 Å². The Bertz CT molecular complexity index is 858. The number of ether oxygens (including phenoxy) is 2. The molecular weight excluding hydrogens is 358 g/mol. The Labute approximate surface area is 163 Å². The molecule has 0 aliphatic heterocycles. The molecule has 6 heteroatoms. The Kier molecular flexibility index (Phi) is 4.81. The van der Waals surface area contributed by atoms with Crippen LogP contribution in [0.4, 0.5) is 4.79 Å². The number of rotatable bonds is 5. The van der Waals surface area contributed by atoms with Crippen molar-refractivity contribution >= 4 is 12.1 Å². The van der Waals surface area contributed by atoms with E-state index in [0.717, 1.165) is 22.3 Å². The van der Waals surface area contributed by atoms with Crippen LogP contribution < -0.4 is 5.32 Å². The third-order valence-corrected chi connectivity index (χ3v) is 5.79. The van der Waals surface area contributed by atoms with E-state index in [-0.39, 0.29) is 25.0 Å². The van der Waals surface area contributed by atoms with Crippen LogP contribution in [-0.2, 0) is 14.3 Å². The van der Waals surface area contributed by atoms with Gasteiger partial charge in [0.15, 0.2) is 0 Å². The fourth-order valence-electron chi connectivity index (χ4n) is 4.40. The third-order valence-electron chi connectivity index (χ3n) is 5.79. The molecule has 0 atom stereocenters. The first-order valence-corrected chi connectivity index (χ1v) is 9.40. The van der Waals surface area contributed by atoms with Crippen molar-refractivity contribution in [2.45, 2.75) is 24.3 Å². The van der Waals surface area contributed by atoms with Crippen molar-refractivity contribution in [1.82, 2.24) is 5.32 Å². The molecule has 4 rings (SSSR count). The molecule has 2 aromatic rings. The molecule has 2 N–H and O–H groups in total. The molecule has 2 aliphatic rings. The maximum Gasteiger partial charge on any atom is 0.408 e. The lowest BCUT2D eigenvalue weighted by molar-refractivity contribution is -0.155. The SMILES string of the molecule is COC(=O)C1(NC(=O)OCC2c3ccccc3-c3ccccc32)CC(CO)C1. The molecule has 1 fully saturated rings. The highest BCUT2D eigenvalue weighted by Crippen LogP contribution is 2.44. The number of aliphatic hydroxyl groups excluding tert-OH is 1. The smallest absolute Gasteiger partial charge is 0.408 e. The largest absolute Gasteiger partial charge is 0.467 e. The summed E-state index contributed by atoms with van der Waals surface area (Å²) in [6.07, 6.45) is 0.0458. The standard InChI is InChI=1S/C22H23NO5/c1-27-20(25)22(10-14(11-22)12-24)23-21(26)28-13-19-17-8-4-2-6-15(17)16-7-3-5-9-18(16)19/h2-9,14,19,24H,10-13H2,1H3,(H,23,26). The number of carbonyl (C=O) groups excluding carboxylic acids is 2. The minimum atomic E-state index is -1.11. The average Bonchev–Trinajstić information content (AvgIpc) is 3.02. The highest BCUT2D eigenvalue weighted by atomic mass is 16.6. The number of hydrogen-bond acceptors (Lipinski definition) is 5. The predicted molar refractivity (Wildman–Crippen MR) is 103 cm³/mol. The zero-order valence-electron chi connectivity index (χ0n) is 15.7. The van der Waals surface area contributed by atoms with Gasteiger partial charge in [-0.05, 0) is 41.0 Å². The lowest BCUT2D eigenvalue weighted by atomic mass is 9.68. The van der Waals surface area contributed by atoms with E-state index in [2.05, 4.69) is 29.6 Å². The lowest BCUT2D eigenvalue weighted by Gasteiger charge is -2.44. The van der Waals surface area contributed by atoms with Gasteiger partial charge in [0.2, 0.25) is 0 Å². The van der Waals surface area contributed by atoms with Crippen molar-refractivity contribution in [3.63, 3.8) is 0 Å². The van der Waals surface area contributed by atoms with E-state index < -0.39 is 17.6 Å². The average molecular weight is 381 g/mol. The summed E-state index contributed by atoms with van der Waals surface area (Å²) in [5, 5.41) is 11.9. The Morgan fingerprint density at radius 1 is 1.07 bits per heavy atom. The minimum Gasteiger partial charge on any atom is -0.467 e. The zero-order valence-corrected chi connectivity index (χ0v) is 15.7. The molecule has 146 valence electrons. The van der Waals surface area contributed by atoms with Crippen LogP contribution >= 0.6 is 0 Å². The first-order valence-electron chi connectivity index (χ1n) is 9.40. The second-order valence-electron chi connectivity index (χ2n) is 7.48. The summed E-state index contributed by atoms with van der Waals surface area (Å²) >= 11 is 0. The Balaban J connectivity index is 1.46. The quantitative estimate of drug-likeness (QED) is 0.778. The molecule has 2 aliphatic carbocycles. The van der Waals surface area contributed by atoms with Gasteiger partial charge in [0.25, 0.3) is 0 Å². The molecule has 0 radical (unpaired) electrons. The summed E-state index contributed by atoms with van der Waals surface area (Å²) in [5.41, 5.74) is 3.46. The molecule has 0 bridgehead atoms. The van der Waals surface area contributed by atoms with Crippen molar-refractivity contribution in [1.29, 1.82) is 0 Å².